The maximum absolute atomic E-state index is 13.9. The second kappa shape index (κ2) is 10.4. The minimum Gasteiger partial charge on any atom is -0.456 e. The van der Waals surface area contributed by atoms with E-state index in [0.29, 0.717) is 23.7 Å². The van der Waals surface area contributed by atoms with Gasteiger partial charge in [-0.15, -0.1) is 5.10 Å². The normalized spacial score (nSPS) is 17.1. The van der Waals surface area contributed by atoms with Crippen molar-refractivity contribution in [3.05, 3.63) is 95.6 Å². The van der Waals surface area contributed by atoms with Crippen molar-refractivity contribution in [3.63, 3.8) is 0 Å². The molecule has 1 fully saturated rings. The Bertz CT molecular complexity index is 1570. The summed E-state index contributed by atoms with van der Waals surface area (Å²) in [6.07, 6.45) is 1.69. The Hall–Kier alpha value is -3.41. The number of hydrogen-bond acceptors (Lipinski definition) is 7. The van der Waals surface area contributed by atoms with Crippen molar-refractivity contribution in [1.82, 2.24) is 19.3 Å². The average Bonchev–Trinajstić information content (AvgIpc) is 3.36. The number of ether oxygens (including phenoxy) is 1. The lowest BCUT2D eigenvalue weighted by atomic mass is 10.2. The molecule has 6 rings (SSSR count). The summed E-state index contributed by atoms with van der Waals surface area (Å²) < 4.78 is 50.7. The molecule has 38 heavy (non-hydrogen) atoms. The van der Waals surface area contributed by atoms with Crippen LogP contribution in [0.2, 0.25) is 0 Å². The summed E-state index contributed by atoms with van der Waals surface area (Å²) >= 11 is 1.92. The molecular weight excluding hydrogens is 525 g/mol. The Kier molecular flexibility index (Phi) is 6.81. The molecule has 3 heterocycles. The van der Waals surface area contributed by atoms with E-state index in [-0.39, 0.29) is 23.8 Å². The molecule has 3 aromatic carbocycles. The van der Waals surface area contributed by atoms with Gasteiger partial charge in [-0.2, -0.15) is 16.1 Å². The first kappa shape index (κ1) is 24.9. The number of para-hydroxylation sites is 1. The van der Waals surface area contributed by atoms with Crippen molar-refractivity contribution >= 4 is 27.5 Å². The van der Waals surface area contributed by atoms with Gasteiger partial charge in [0.05, 0.1) is 25.0 Å². The van der Waals surface area contributed by atoms with E-state index in [1.54, 1.807) is 29.1 Å². The molecule has 0 bridgehead atoms. The van der Waals surface area contributed by atoms with Crippen LogP contribution in [0.3, 0.4) is 0 Å². The lowest BCUT2D eigenvalue weighted by molar-refractivity contribution is 0.371. The van der Waals surface area contributed by atoms with Crippen LogP contribution in [0.4, 0.5) is 10.1 Å². The van der Waals surface area contributed by atoms with Gasteiger partial charge in [-0.25, -0.2) is 17.5 Å². The minimum absolute atomic E-state index is 0.0321. The van der Waals surface area contributed by atoms with E-state index in [4.69, 9.17) is 4.74 Å². The average molecular weight is 552 g/mol. The van der Waals surface area contributed by atoms with Gasteiger partial charge >= 0.3 is 0 Å². The predicted octanol–water partition coefficient (Wildman–Crippen LogP) is 4.52. The van der Waals surface area contributed by atoms with E-state index >= 15 is 0 Å². The fourth-order valence-corrected chi connectivity index (χ4v) is 7.09. The van der Waals surface area contributed by atoms with E-state index in [1.807, 2.05) is 48.2 Å². The van der Waals surface area contributed by atoms with E-state index in [1.165, 1.54) is 16.4 Å². The van der Waals surface area contributed by atoms with Gasteiger partial charge in [0.1, 0.15) is 22.2 Å². The highest BCUT2D eigenvalue weighted by molar-refractivity contribution is 7.99. The van der Waals surface area contributed by atoms with Crippen LogP contribution in [0.25, 0.3) is 0 Å². The lowest BCUT2D eigenvalue weighted by Gasteiger charge is -2.30. The highest BCUT2D eigenvalue weighted by atomic mass is 32.2. The van der Waals surface area contributed by atoms with Crippen LogP contribution in [0.5, 0.6) is 11.5 Å². The van der Waals surface area contributed by atoms with Crippen LogP contribution in [0, 0.1) is 5.82 Å². The molecule has 1 saturated heterocycles. The third kappa shape index (κ3) is 5.13. The highest BCUT2D eigenvalue weighted by Gasteiger charge is 2.33. The van der Waals surface area contributed by atoms with E-state index in [2.05, 4.69) is 15.2 Å². The first-order valence-electron chi connectivity index (χ1n) is 12.3. The van der Waals surface area contributed by atoms with Gasteiger partial charge in [0, 0.05) is 48.5 Å². The van der Waals surface area contributed by atoms with Gasteiger partial charge < -0.3 is 9.64 Å². The standard InChI is InChI=1S/C27H26FN5O3S2/c28-22-6-3-4-20(14-22)16-32-18-23(29-30-32)19-33-17-21-5-1-2-7-25(21)36-26-15-24(31-10-12-37-13-11-31)8-9-27(26)38(33,34)35/h1-9,14-15,18H,10-13,16-17,19H2. The Balaban J connectivity index is 1.33. The molecule has 4 aromatic rings. The van der Waals surface area contributed by atoms with Gasteiger partial charge in [0.25, 0.3) is 0 Å². The molecule has 11 heteroatoms. The number of anilines is 1. The third-order valence-corrected chi connectivity index (χ3v) is 9.39. The highest BCUT2D eigenvalue weighted by Crippen LogP contribution is 2.39. The molecule has 0 spiro atoms. The maximum Gasteiger partial charge on any atom is 0.247 e. The van der Waals surface area contributed by atoms with Crippen molar-refractivity contribution in [2.24, 2.45) is 0 Å². The molecule has 0 atom stereocenters. The smallest absolute Gasteiger partial charge is 0.247 e. The summed E-state index contributed by atoms with van der Waals surface area (Å²) in [7, 11) is -3.93. The van der Waals surface area contributed by atoms with Gasteiger partial charge in [0.15, 0.2) is 0 Å². The number of nitrogens with zero attached hydrogens (tertiary/aromatic N) is 5. The first-order valence-corrected chi connectivity index (χ1v) is 14.9. The lowest BCUT2D eigenvalue weighted by Crippen LogP contribution is -2.33. The summed E-state index contributed by atoms with van der Waals surface area (Å²) in [6, 6.07) is 19.1. The van der Waals surface area contributed by atoms with Crippen LogP contribution in [0.15, 0.2) is 77.8 Å². The van der Waals surface area contributed by atoms with Crippen LogP contribution in [-0.4, -0.2) is 52.3 Å². The largest absolute Gasteiger partial charge is 0.456 e. The Morgan fingerprint density at radius 1 is 0.947 bits per heavy atom. The molecule has 8 nitrogen and oxygen atoms in total. The molecule has 0 N–H and O–H groups in total. The number of hydrogen-bond donors (Lipinski definition) is 0. The maximum atomic E-state index is 13.9. The summed E-state index contributed by atoms with van der Waals surface area (Å²) in [4.78, 5) is 2.38. The van der Waals surface area contributed by atoms with Crippen molar-refractivity contribution in [2.45, 2.75) is 24.5 Å². The van der Waals surface area contributed by atoms with E-state index in [9.17, 15) is 12.8 Å². The Morgan fingerprint density at radius 3 is 2.63 bits per heavy atom. The topological polar surface area (TPSA) is 80.6 Å². The van der Waals surface area contributed by atoms with Crippen LogP contribution >= 0.6 is 11.8 Å². The molecule has 2 aliphatic heterocycles. The molecule has 0 unspecified atom stereocenters. The third-order valence-electron chi connectivity index (χ3n) is 6.62. The number of rotatable bonds is 5. The van der Waals surface area contributed by atoms with Crippen molar-refractivity contribution < 1.29 is 17.5 Å². The quantitative estimate of drug-likeness (QED) is 0.361. The van der Waals surface area contributed by atoms with Gasteiger partial charge in [-0.3, -0.25) is 0 Å². The monoisotopic (exact) mass is 551 g/mol. The van der Waals surface area contributed by atoms with E-state index < -0.39 is 10.0 Å². The fourth-order valence-electron chi connectivity index (χ4n) is 4.71. The Labute approximate surface area is 225 Å². The Morgan fingerprint density at radius 2 is 1.79 bits per heavy atom. The molecule has 0 amide bonds. The summed E-state index contributed by atoms with van der Waals surface area (Å²) in [5.41, 5.74) is 2.94. The number of thioether (sulfide) groups is 1. The summed E-state index contributed by atoms with van der Waals surface area (Å²) in [5, 5.41) is 8.35. The summed E-state index contributed by atoms with van der Waals surface area (Å²) in [6.45, 7) is 2.30. The fraction of sp³-hybridized carbons (Fsp3) is 0.259. The van der Waals surface area contributed by atoms with Gasteiger partial charge in [-0.05, 0) is 35.9 Å². The molecule has 0 aliphatic carbocycles. The second-order valence-corrected chi connectivity index (χ2v) is 12.4. The van der Waals surface area contributed by atoms with Gasteiger partial charge in [0.2, 0.25) is 10.0 Å². The number of halogens is 1. The number of sulfonamides is 1. The minimum atomic E-state index is -3.93. The second-order valence-electron chi connectivity index (χ2n) is 9.25. The molecule has 1 aromatic heterocycles. The number of fused-ring (bicyclic) bond motifs is 2. The van der Waals surface area contributed by atoms with Crippen LogP contribution in [0.1, 0.15) is 16.8 Å². The zero-order valence-electron chi connectivity index (χ0n) is 20.5. The molecular formula is C27H26FN5O3S2. The molecule has 0 radical (unpaired) electrons. The van der Waals surface area contributed by atoms with Crippen molar-refractivity contribution in [1.29, 1.82) is 0 Å². The van der Waals surface area contributed by atoms with Crippen molar-refractivity contribution in [3.8, 4) is 11.5 Å². The predicted molar refractivity (Wildman–Crippen MR) is 144 cm³/mol. The number of aromatic nitrogens is 3. The zero-order chi connectivity index (χ0) is 26.1. The number of benzene rings is 3. The van der Waals surface area contributed by atoms with Crippen LogP contribution in [-0.2, 0) is 29.7 Å². The first-order chi connectivity index (χ1) is 18.5. The SMILES string of the molecule is O=S1(=O)c2ccc(N3CCSCC3)cc2Oc2ccccc2CN1Cc1cn(Cc2cccc(F)c2)nn1. The van der Waals surface area contributed by atoms with Crippen LogP contribution < -0.4 is 9.64 Å². The molecule has 2 aliphatic rings. The van der Waals surface area contributed by atoms with Gasteiger partial charge in [-0.1, -0.05) is 35.5 Å². The summed E-state index contributed by atoms with van der Waals surface area (Å²) in [5.74, 6) is 2.68. The van der Waals surface area contributed by atoms with Crippen molar-refractivity contribution in [2.75, 3.05) is 29.5 Å². The molecule has 0 saturated carbocycles. The van der Waals surface area contributed by atoms with E-state index in [0.717, 1.165) is 41.4 Å². The zero-order valence-corrected chi connectivity index (χ0v) is 22.2. The molecule has 196 valence electrons.